The predicted molar refractivity (Wildman–Crippen MR) is 182 cm³/mol. The van der Waals surface area contributed by atoms with Gasteiger partial charge in [-0.15, -0.1) is 0 Å². The number of carbonyl (C=O) groups is 3. The lowest BCUT2D eigenvalue weighted by Gasteiger charge is -2.34. The van der Waals surface area contributed by atoms with Crippen molar-refractivity contribution < 1.29 is 28.6 Å². The highest BCUT2D eigenvalue weighted by Gasteiger charge is 2.49. The smallest absolute Gasteiger partial charge is 0.408 e. The maximum absolute atomic E-state index is 14.1. The van der Waals surface area contributed by atoms with E-state index in [-0.39, 0.29) is 24.5 Å². The molecule has 13 nitrogen and oxygen atoms in total. The maximum Gasteiger partial charge on any atom is 0.408 e. The van der Waals surface area contributed by atoms with Gasteiger partial charge in [0, 0.05) is 24.4 Å². The molecule has 2 aromatic heterocycles. The number of rotatable bonds is 7. The number of anilines is 1. The number of fused-ring (bicyclic) bond motifs is 5. The number of aldehydes is 1. The van der Waals surface area contributed by atoms with E-state index in [2.05, 4.69) is 20.6 Å². The van der Waals surface area contributed by atoms with E-state index in [4.69, 9.17) is 24.2 Å². The molecule has 2 fully saturated rings. The Morgan fingerprint density at radius 2 is 1.88 bits per heavy atom. The summed E-state index contributed by atoms with van der Waals surface area (Å²) in [5.74, 6) is 1.30. The molecule has 2 amide bonds. The molecular formula is C36H47N7O6. The third-order valence-electron chi connectivity index (χ3n) is 9.68. The number of ether oxygens (including phenoxy) is 3. The van der Waals surface area contributed by atoms with Gasteiger partial charge in [0.15, 0.2) is 0 Å². The van der Waals surface area contributed by atoms with E-state index in [0.29, 0.717) is 55.0 Å². The highest BCUT2D eigenvalue weighted by molar-refractivity contribution is 5.89. The van der Waals surface area contributed by atoms with Crippen LogP contribution in [-0.2, 0) is 20.7 Å². The molecule has 0 radical (unpaired) electrons. The second kappa shape index (κ2) is 14.9. The van der Waals surface area contributed by atoms with E-state index < -0.39 is 29.7 Å². The lowest BCUT2D eigenvalue weighted by atomic mass is 9.85. The third kappa shape index (κ3) is 8.19. The van der Waals surface area contributed by atoms with Crippen molar-refractivity contribution in [3.05, 3.63) is 42.4 Å². The molecule has 4 heterocycles. The van der Waals surface area contributed by atoms with Crippen molar-refractivity contribution in [1.29, 1.82) is 0 Å². The van der Waals surface area contributed by atoms with E-state index in [1.165, 1.54) is 0 Å². The lowest BCUT2D eigenvalue weighted by Crippen LogP contribution is -2.56. The van der Waals surface area contributed by atoms with Gasteiger partial charge in [0.25, 0.3) is 0 Å². The van der Waals surface area contributed by atoms with Gasteiger partial charge in [-0.3, -0.25) is 4.79 Å². The first-order valence-electron chi connectivity index (χ1n) is 17.5. The van der Waals surface area contributed by atoms with Crippen LogP contribution in [0.25, 0.3) is 11.0 Å². The molecule has 13 heteroatoms. The molecule has 1 aliphatic carbocycles. The zero-order valence-corrected chi connectivity index (χ0v) is 28.8. The Hall–Kier alpha value is -4.55. The average molecular weight is 674 g/mol. The maximum atomic E-state index is 14.1. The molecule has 262 valence electrons. The first-order valence-corrected chi connectivity index (χ1v) is 17.5. The monoisotopic (exact) mass is 673 g/mol. The first-order chi connectivity index (χ1) is 23.6. The summed E-state index contributed by atoms with van der Waals surface area (Å²) in [6, 6.07) is 5.78. The number of hydrogen-bond acceptors (Lipinski definition) is 11. The summed E-state index contributed by atoms with van der Waals surface area (Å²) in [5, 5.41) is 5.97. The van der Waals surface area contributed by atoms with Crippen LogP contribution < -0.4 is 20.1 Å². The standard InChI is InChI=1S/C36H47N7O6/c1-5-24-28(21-44)43-20-30(24)48-32-26(11-8-6-7-10-22-18-29(22)49-35(46)42-31(33(43)45)36(2,3)4)40-25-13-12-23(19-27(25)41-32)47-17-16-39-34-37-14-9-15-38-34/h9,12-15,19,21-22,24,28-31H,5-8,10-11,16-18,20H2,1-4H3,(H,42,46)(H,37,38,39)/t22-,24+,28-,29-,30+,31-/m1/s1. The molecule has 2 bridgehead atoms. The zero-order chi connectivity index (χ0) is 34.5. The average Bonchev–Trinajstić information content (AvgIpc) is 3.71. The quantitative estimate of drug-likeness (QED) is 0.264. The molecule has 6 rings (SSSR count). The van der Waals surface area contributed by atoms with Crippen molar-refractivity contribution in [1.82, 2.24) is 30.2 Å². The molecule has 3 aromatic rings. The molecule has 1 saturated heterocycles. The molecule has 2 aliphatic heterocycles. The van der Waals surface area contributed by atoms with Crippen LogP contribution in [0.5, 0.6) is 11.6 Å². The predicted octanol–water partition coefficient (Wildman–Crippen LogP) is 4.74. The van der Waals surface area contributed by atoms with Crippen LogP contribution in [0.4, 0.5) is 10.7 Å². The molecular weight excluding hydrogens is 626 g/mol. The second-order valence-electron chi connectivity index (χ2n) is 14.3. The van der Waals surface area contributed by atoms with Gasteiger partial charge in [0.05, 0.1) is 30.2 Å². The van der Waals surface area contributed by atoms with Crippen LogP contribution in [0.2, 0.25) is 0 Å². The Labute approximate surface area is 286 Å². The number of carbonyl (C=O) groups excluding carboxylic acids is 3. The highest BCUT2D eigenvalue weighted by Crippen LogP contribution is 2.39. The number of hydrogen-bond donors (Lipinski definition) is 2. The molecule has 0 unspecified atom stereocenters. The van der Waals surface area contributed by atoms with Gasteiger partial charge < -0.3 is 34.5 Å². The van der Waals surface area contributed by atoms with Crippen molar-refractivity contribution in [3.8, 4) is 11.6 Å². The highest BCUT2D eigenvalue weighted by atomic mass is 16.6. The molecule has 2 N–H and O–H groups in total. The van der Waals surface area contributed by atoms with Gasteiger partial charge in [0.2, 0.25) is 17.7 Å². The molecule has 49 heavy (non-hydrogen) atoms. The van der Waals surface area contributed by atoms with Crippen LogP contribution in [-0.4, -0.2) is 87.1 Å². The number of aryl methyl sites for hydroxylation is 1. The summed E-state index contributed by atoms with van der Waals surface area (Å²) in [6.07, 6.45) is 8.92. The van der Waals surface area contributed by atoms with Crippen molar-refractivity contribution in [2.75, 3.05) is 25.0 Å². The Balaban J connectivity index is 1.27. The van der Waals surface area contributed by atoms with Crippen molar-refractivity contribution in [2.24, 2.45) is 17.3 Å². The fourth-order valence-corrected chi connectivity index (χ4v) is 6.86. The minimum Gasteiger partial charge on any atom is -0.492 e. The van der Waals surface area contributed by atoms with Crippen LogP contribution in [0, 0.1) is 17.3 Å². The Kier molecular flexibility index (Phi) is 10.4. The summed E-state index contributed by atoms with van der Waals surface area (Å²) >= 11 is 0. The zero-order valence-electron chi connectivity index (χ0n) is 28.8. The summed E-state index contributed by atoms with van der Waals surface area (Å²) in [4.78, 5) is 59.5. The Bertz CT molecular complexity index is 1630. The van der Waals surface area contributed by atoms with Crippen LogP contribution >= 0.6 is 0 Å². The number of benzene rings is 1. The van der Waals surface area contributed by atoms with Crippen molar-refractivity contribution in [3.63, 3.8) is 0 Å². The van der Waals surface area contributed by atoms with Gasteiger partial charge in [-0.2, -0.15) is 0 Å². The molecule has 1 aromatic carbocycles. The Morgan fingerprint density at radius 3 is 2.63 bits per heavy atom. The van der Waals surface area contributed by atoms with E-state index in [1.54, 1.807) is 23.4 Å². The van der Waals surface area contributed by atoms with E-state index in [0.717, 1.165) is 49.6 Å². The largest absolute Gasteiger partial charge is 0.492 e. The van der Waals surface area contributed by atoms with E-state index in [9.17, 15) is 14.4 Å². The number of aromatic nitrogens is 4. The van der Waals surface area contributed by atoms with Crippen molar-refractivity contribution >= 4 is 35.3 Å². The van der Waals surface area contributed by atoms with Gasteiger partial charge in [0.1, 0.15) is 42.6 Å². The molecule has 1 saturated carbocycles. The van der Waals surface area contributed by atoms with Crippen molar-refractivity contribution in [2.45, 2.75) is 96.9 Å². The molecule has 3 aliphatic rings. The normalized spacial score (nSPS) is 26.2. The van der Waals surface area contributed by atoms with Crippen LogP contribution in [0.15, 0.2) is 36.7 Å². The molecule has 0 spiro atoms. The van der Waals surface area contributed by atoms with Crippen LogP contribution in [0.1, 0.15) is 71.9 Å². The van der Waals surface area contributed by atoms with E-state index in [1.807, 2.05) is 45.9 Å². The molecule has 6 atom stereocenters. The van der Waals surface area contributed by atoms with Gasteiger partial charge in [-0.1, -0.05) is 40.5 Å². The second-order valence-corrected chi connectivity index (χ2v) is 14.3. The van der Waals surface area contributed by atoms with Crippen LogP contribution in [0.3, 0.4) is 0 Å². The summed E-state index contributed by atoms with van der Waals surface area (Å²) in [7, 11) is 0. The first kappa shape index (κ1) is 34.3. The SMILES string of the molecule is CC[C@@H]1[C@@H]2CN(C(=O)[C@H](C(C)(C)C)NC(=O)O[C@@H]3C[C@H]3CCCCCc3nc4ccc(OCCNc5ncccn5)cc4nc3O2)[C@@H]1C=O. The number of amides is 2. The summed E-state index contributed by atoms with van der Waals surface area (Å²) < 4.78 is 18.4. The number of alkyl carbamates (subject to hydrolysis) is 1. The summed E-state index contributed by atoms with van der Waals surface area (Å²) in [5.41, 5.74) is 1.48. The fourth-order valence-electron chi connectivity index (χ4n) is 6.86. The van der Waals surface area contributed by atoms with Gasteiger partial charge in [-0.25, -0.2) is 24.7 Å². The number of nitrogens with one attached hydrogen (secondary N) is 2. The third-order valence-corrected chi connectivity index (χ3v) is 9.68. The van der Waals surface area contributed by atoms with E-state index >= 15 is 0 Å². The lowest BCUT2D eigenvalue weighted by molar-refractivity contribution is -0.139. The van der Waals surface area contributed by atoms with Gasteiger partial charge in [-0.05, 0) is 61.6 Å². The Morgan fingerprint density at radius 1 is 1.06 bits per heavy atom. The minimum atomic E-state index is -0.889. The fraction of sp³-hybridized carbons (Fsp3) is 0.583. The van der Waals surface area contributed by atoms with Gasteiger partial charge >= 0.3 is 6.09 Å². The summed E-state index contributed by atoms with van der Waals surface area (Å²) in [6.45, 7) is 8.74. The number of nitrogens with zero attached hydrogens (tertiary/aromatic N) is 5. The topological polar surface area (TPSA) is 158 Å². The minimum absolute atomic E-state index is 0.132.